The minimum Gasteiger partial charge on any atom is -0.426 e. The molecule has 0 saturated heterocycles. The van der Waals surface area contributed by atoms with Crippen molar-refractivity contribution in [3.05, 3.63) is 57.6 Å². The highest BCUT2D eigenvalue weighted by Crippen LogP contribution is 2.54. The fourth-order valence-electron chi connectivity index (χ4n) is 5.29. The zero-order chi connectivity index (χ0) is 31.0. The smallest absolute Gasteiger partial charge is 0.384 e. The first kappa shape index (κ1) is 33.9. The fraction of sp³-hybridized carbons (Fsp3) is 0.676. The molecule has 0 atom stereocenters. The zero-order valence-electron chi connectivity index (χ0n) is 29.0. The van der Waals surface area contributed by atoms with Crippen molar-refractivity contribution in [2.45, 2.75) is 151 Å². The van der Waals surface area contributed by atoms with E-state index in [1.807, 2.05) is 0 Å². The second-order valence-electron chi connectivity index (χ2n) is 16.3. The third kappa shape index (κ3) is 8.29. The second kappa shape index (κ2) is 12.6. The van der Waals surface area contributed by atoms with Gasteiger partial charge in [0.25, 0.3) is 0 Å². The summed E-state index contributed by atoms with van der Waals surface area (Å²) in [6.45, 7) is 34.3. The van der Waals surface area contributed by atoms with Crippen LogP contribution in [0, 0.1) is 0 Å². The van der Waals surface area contributed by atoms with Gasteiger partial charge in [0, 0.05) is 30.6 Å². The van der Waals surface area contributed by atoms with E-state index in [0.29, 0.717) is 0 Å². The molecule has 0 unspecified atom stereocenters. The molecule has 3 rings (SSSR count). The predicted octanol–water partition coefficient (Wildman–Crippen LogP) is 11.4. The molecule has 0 bridgehead atoms. The van der Waals surface area contributed by atoms with Crippen LogP contribution in [0.5, 0.6) is 11.5 Å². The molecule has 0 fully saturated rings. The molecule has 2 aromatic rings. The molecule has 0 amide bonds. The standard InChI is InChI=1S/C37H60NO2P/c1-15-17-19-38(20-18-16-2)41-39-32-26(22-28(34(3,4)5)24-30(32)36(9,10)11)21-27-23-29(35(6,7)8)25-31(33(27)40-41)37(12,13)14/h22-25H,15-21H2,1-14H3. The average Bonchev–Trinajstić information content (AvgIpc) is 2.81. The minimum atomic E-state index is -1.34. The van der Waals surface area contributed by atoms with Crippen molar-refractivity contribution in [1.82, 2.24) is 4.67 Å². The van der Waals surface area contributed by atoms with Crippen molar-refractivity contribution in [1.29, 1.82) is 0 Å². The maximum Gasteiger partial charge on any atom is 0.384 e. The van der Waals surface area contributed by atoms with Crippen LogP contribution in [0.4, 0.5) is 0 Å². The van der Waals surface area contributed by atoms with Crippen molar-refractivity contribution in [2.75, 3.05) is 13.1 Å². The van der Waals surface area contributed by atoms with Gasteiger partial charge in [-0.1, -0.05) is 134 Å². The SMILES string of the molecule is CCCCN(CCCC)P1Oc2c(cc(C(C)(C)C)cc2C(C)(C)C)Cc2cc(C(C)(C)C)cc(C(C)(C)C)c2O1. The van der Waals surface area contributed by atoms with Crippen LogP contribution < -0.4 is 9.05 Å². The average molecular weight is 582 g/mol. The van der Waals surface area contributed by atoms with Gasteiger partial charge in [-0.2, -0.15) is 0 Å². The highest BCUT2D eigenvalue weighted by molar-refractivity contribution is 7.45. The quantitative estimate of drug-likeness (QED) is 0.304. The van der Waals surface area contributed by atoms with E-state index in [-0.39, 0.29) is 21.7 Å². The first-order valence-electron chi connectivity index (χ1n) is 16.0. The van der Waals surface area contributed by atoms with Gasteiger partial charge in [0.05, 0.1) is 0 Å². The van der Waals surface area contributed by atoms with Crippen LogP contribution in [0.15, 0.2) is 24.3 Å². The zero-order valence-corrected chi connectivity index (χ0v) is 29.9. The Morgan fingerprint density at radius 3 is 1.24 bits per heavy atom. The van der Waals surface area contributed by atoms with Gasteiger partial charge in [-0.05, 0) is 56.8 Å². The first-order chi connectivity index (χ1) is 18.8. The Bertz CT molecular complexity index is 1100. The lowest BCUT2D eigenvalue weighted by molar-refractivity contribution is 0.332. The summed E-state index contributed by atoms with van der Waals surface area (Å²) < 4.78 is 16.9. The third-order valence-electron chi connectivity index (χ3n) is 8.17. The van der Waals surface area contributed by atoms with Gasteiger partial charge in [-0.3, -0.25) is 0 Å². The van der Waals surface area contributed by atoms with Gasteiger partial charge in [0.2, 0.25) is 0 Å². The number of unbranched alkanes of at least 4 members (excludes halogenated alkanes) is 2. The van der Waals surface area contributed by atoms with Crippen LogP contribution in [0.3, 0.4) is 0 Å². The molecule has 1 aliphatic rings. The molecule has 230 valence electrons. The van der Waals surface area contributed by atoms with Crippen LogP contribution in [0.25, 0.3) is 0 Å². The highest BCUT2D eigenvalue weighted by Gasteiger charge is 2.36. The van der Waals surface area contributed by atoms with Gasteiger partial charge in [-0.15, -0.1) is 0 Å². The number of hydrogen-bond acceptors (Lipinski definition) is 3. The Morgan fingerprint density at radius 2 is 0.951 bits per heavy atom. The van der Waals surface area contributed by atoms with Crippen molar-refractivity contribution in [3.8, 4) is 11.5 Å². The molecule has 4 heteroatoms. The van der Waals surface area contributed by atoms with Gasteiger partial charge in [0.15, 0.2) is 0 Å². The van der Waals surface area contributed by atoms with E-state index in [0.717, 1.165) is 56.7 Å². The van der Waals surface area contributed by atoms with E-state index in [1.54, 1.807) is 0 Å². The molecule has 0 aliphatic carbocycles. The molecule has 2 aromatic carbocycles. The summed E-state index contributed by atoms with van der Waals surface area (Å²) >= 11 is 0. The van der Waals surface area contributed by atoms with E-state index in [1.165, 1.54) is 33.4 Å². The predicted molar refractivity (Wildman–Crippen MR) is 180 cm³/mol. The second-order valence-corrected chi connectivity index (χ2v) is 17.7. The summed E-state index contributed by atoms with van der Waals surface area (Å²) in [7, 11) is -1.34. The normalized spacial score (nSPS) is 15.1. The largest absolute Gasteiger partial charge is 0.426 e. The molecule has 1 aliphatic heterocycles. The molecule has 0 aromatic heterocycles. The Labute approximate surface area is 254 Å². The minimum absolute atomic E-state index is 0.0412. The Balaban J connectivity index is 2.41. The molecule has 3 nitrogen and oxygen atoms in total. The molecule has 0 N–H and O–H groups in total. The molecular weight excluding hydrogens is 521 g/mol. The van der Waals surface area contributed by atoms with Gasteiger partial charge >= 0.3 is 8.53 Å². The van der Waals surface area contributed by atoms with Crippen molar-refractivity contribution in [3.63, 3.8) is 0 Å². The molecule has 0 radical (unpaired) electrons. The maximum absolute atomic E-state index is 7.21. The van der Waals surface area contributed by atoms with Gasteiger partial charge < -0.3 is 9.05 Å². The Kier molecular flexibility index (Phi) is 10.4. The first-order valence-corrected chi connectivity index (χ1v) is 17.2. The van der Waals surface area contributed by atoms with Crippen LogP contribution in [-0.2, 0) is 28.1 Å². The topological polar surface area (TPSA) is 21.7 Å². The molecule has 1 heterocycles. The summed E-state index contributed by atoms with van der Waals surface area (Å²) in [6.07, 6.45) is 5.39. The van der Waals surface area contributed by atoms with E-state index in [9.17, 15) is 0 Å². The number of rotatable bonds is 7. The lowest BCUT2D eigenvalue weighted by Gasteiger charge is -2.37. The van der Waals surface area contributed by atoms with Crippen LogP contribution in [0.1, 0.15) is 156 Å². The third-order valence-corrected chi connectivity index (χ3v) is 9.71. The van der Waals surface area contributed by atoms with Crippen molar-refractivity contribution >= 4 is 8.53 Å². The van der Waals surface area contributed by atoms with Crippen LogP contribution in [0.2, 0.25) is 0 Å². The van der Waals surface area contributed by atoms with Crippen molar-refractivity contribution < 1.29 is 9.05 Å². The summed E-state index contributed by atoms with van der Waals surface area (Å²) in [5, 5.41) is 0. The number of benzene rings is 2. The summed E-state index contributed by atoms with van der Waals surface area (Å²) in [5.74, 6) is 2.08. The lowest BCUT2D eigenvalue weighted by atomic mass is 9.76. The summed E-state index contributed by atoms with van der Waals surface area (Å²) in [5.41, 5.74) is 7.85. The van der Waals surface area contributed by atoms with E-state index in [4.69, 9.17) is 9.05 Å². The Hall–Kier alpha value is -1.57. The number of nitrogens with zero attached hydrogens (tertiary/aromatic N) is 1. The molecule has 0 spiro atoms. The number of hydrogen-bond donors (Lipinski definition) is 0. The summed E-state index contributed by atoms with van der Waals surface area (Å²) in [4.78, 5) is 0. The highest BCUT2D eigenvalue weighted by atomic mass is 31.2. The van der Waals surface area contributed by atoms with Gasteiger partial charge in [0.1, 0.15) is 11.5 Å². The van der Waals surface area contributed by atoms with Crippen molar-refractivity contribution in [2.24, 2.45) is 0 Å². The monoisotopic (exact) mass is 581 g/mol. The number of fused-ring (bicyclic) bond motifs is 2. The van der Waals surface area contributed by atoms with Crippen LogP contribution in [-0.4, -0.2) is 17.8 Å². The van der Waals surface area contributed by atoms with Crippen LogP contribution >= 0.6 is 8.53 Å². The fourth-order valence-corrected chi connectivity index (χ4v) is 6.91. The Morgan fingerprint density at radius 1 is 0.585 bits per heavy atom. The van der Waals surface area contributed by atoms with Gasteiger partial charge in [-0.25, -0.2) is 4.67 Å². The van der Waals surface area contributed by atoms with E-state index in [2.05, 4.69) is 126 Å². The molecular formula is C37H60NO2P. The van der Waals surface area contributed by atoms with E-state index >= 15 is 0 Å². The summed E-state index contributed by atoms with van der Waals surface area (Å²) in [6, 6.07) is 9.67. The lowest BCUT2D eigenvalue weighted by Crippen LogP contribution is -2.28. The van der Waals surface area contributed by atoms with E-state index < -0.39 is 8.53 Å². The maximum atomic E-state index is 7.21. The molecule has 0 saturated carbocycles. The molecule has 41 heavy (non-hydrogen) atoms.